The summed E-state index contributed by atoms with van der Waals surface area (Å²) in [4.78, 5) is 0. The van der Waals surface area contributed by atoms with E-state index in [1.54, 1.807) is 39.0 Å². The normalized spacial score (nSPS) is 38.0. The lowest BCUT2D eigenvalue weighted by molar-refractivity contribution is 0.107. The van der Waals surface area contributed by atoms with Crippen molar-refractivity contribution < 1.29 is 9.47 Å². The highest BCUT2D eigenvalue weighted by Crippen LogP contribution is 2.58. The molecule has 280 valence electrons. The third-order valence-corrected chi connectivity index (χ3v) is 16.2. The Morgan fingerprint density at radius 3 is 1.89 bits per heavy atom. The molecule has 0 saturated heterocycles. The van der Waals surface area contributed by atoms with Gasteiger partial charge in [0.25, 0.3) is 0 Å². The maximum atomic E-state index is 7.25. The third-order valence-electron chi connectivity index (χ3n) is 16.2. The molecule has 0 bridgehead atoms. The molecule has 13 aliphatic rings. The fourth-order valence-corrected chi connectivity index (χ4v) is 13.8. The quantitative estimate of drug-likeness (QED) is 0.263. The number of ether oxygens (including phenoxy) is 2. The van der Waals surface area contributed by atoms with Crippen molar-refractivity contribution in [1.82, 2.24) is 0 Å². The van der Waals surface area contributed by atoms with E-state index < -0.39 is 0 Å². The summed E-state index contributed by atoms with van der Waals surface area (Å²) in [7, 11) is 0. The summed E-state index contributed by atoms with van der Waals surface area (Å²) in [5.74, 6) is 5.76. The summed E-state index contributed by atoms with van der Waals surface area (Å²) >= 11 is 0. The first kappa shape index (κ1) is 32.5. The van der Waals surface area contributed by atoms with E-state index in [2.05, 4.69) is 103 Å². The Kier molecular flexibility index (Phi) is 7.24. The van der Waals surface area contributed by atoms with Crippen molar-refractivity contribution in [2.24, 2.45) is 41.4 Å². The van der Waals surface area contributed by atoms with E-state index in [9.17, 15) is 0 Å². The molecule has 0 amide bonds. The lowest BCUT2D eigenvalue weighted by atomic mass is 9.59. The van der Waals surface area contributed by atoms with Crippen LogP contribution >= 0.6 is 0 Å². The van der Waals surface area contributed by atoms with Crippen LogP contribution in [0.1, 0.15) is 83.5 Å². The van der Waals surface area contributed by atoms with E-state index in [1.807, 2.05) is 0 Å². The van der Waals surface area contributed by atoms with Crippen LogP contribution in [0.3, 0.4) is 0 Å². The van der Waals surface area contributed by atoms with Crippen molar-refractivity contribution >= 4 is 0 Å². The Bertz CT molecular complexity index is 2380. The lowest BCUT2D eigenvalue weighted by Gasteiger charge is -2.45. The maximum Gasteiger partial charge on any atom is 0.162 e. The maximum absolute atomic E-state index is 7.25. The second-order valence-electron chi connectivity index (χ2n) is 18.7. The number of fused-ring (bicyclic) bond motifs is 14. The summed E-state index contributed by atoms with van der Waals surface area (Å²) in [5.41, 5.74) is 20.3. The molecule has 2 aliphatic heterocycles. The van der Waals surface area contributed by atoms with Crippen molar-refractivity contribution in [3.63, 3.8) is 0 Å². The van der Waals surface area contributed by atoms with Gasteiger partial charge in [-0.3, -0.25) is 0 Å². The predicted octanol–water partition coefficient (Wildman–Crippen LogP) is 12.7. The van der Waals surface area contributed by atoms with Gasteiger partial charge in [-0.15, -0.1) is 0 Å². The van der Waals surface area contributed by atoms with E-state index >= 15 is 0 Å². The lowest BCUT2D eigenvalue weighted by Crippen LogP contribution is -2.35. The van der Waals surface area contributed by atoms with E-state index in [0.29, 0.717) is 41.4 Å². The van der Waals surface area contributed by atoms with Crippen molar-refractivity contribution in [2.45, 2.75) is 95.7 Å². The van der Waals surface area contributed by atoms with Crippen LogP contribution in [0, 0.1) is 41.4 Å². The van der Waals surface area contributed by atoms with Crippen LogP contribution in [0.5, 0.6) is 0 Å². The van der Waals surface area contributed by atoms with E-state index in [4.69, 9.17) is 9.47 Å². The van der Waals surface area contributed by atoms with Gasteiger partial charge in [0.15, 0.2) is 11.5 Å². The smallest absolute Gasteiger partial charge is 0.162 e. The molecule has 13 rings (SSSR count). The molecule has 9 unspecified atom stereocenters. The zero-order valence-corrected chi connectivity index (χ0v) is 32.5. The van der Waals surface area contributed by atoms with Crippen molar-refractivity contribution in [2.75, 3.05) is 0 Å². The first-order valence-corrected chi connectivity index (χ1v) is 22.3. The average molecular weight is 733 g/mol. The molecule has 0 N–H and O–H groups in total. The number of rotatable bonds is 2. The Morgan fingerprint density at radius 2 is 1.12 bits per heavy atom. The van der Waals surface area contributed by atoms with Gasteiger partial charge in [-0.25, -0.2) is 0 Å². The number of allylic oxidation sites excluding steroid dienone is 22. The SMILES string of the molecule is C1=CC2C3=C(OC2C(C2=CC4=C(CC2)C2=C(C=CCC2)C2C=CCCC42)=C1)C1=C(CC3)C2C=CC=C(C3=CC=C4C5=C(C=CCC5)C5C=CCCC5C4C3)C2O1. The molecule has 0 spiro atoms. The monoisotopic (exact) mass is 732 g/mol. The minimum Gasteiger partial charge on any atom is -0.481 e. The first-order chi connectivity index (χ1) is 27.8. The van der Waals surface area contributed by atoms with Crippen molar-refractivity contribution in [3.8, 4) is 0 Å². The highest BCUT2D eigenvalue weighted by atomic mass is 16.5. The van der Waals surface area contributed by atoms with Crippen LogP contribution < -0.4 is 0 Å². The fraction of sp³-hybridized carbons (Fsp3) is 0.407. The zero-order valence-electron chi connectivity index (χ0n) is 32.5. The number of hydrogen-bond acceptors (Lipinski definition) is 2. The molecular weight excluding hydrogens is 681 g/mol. The van der Waals surface area contributed by atoms with Gasteiger partial charge < -0.3 is 9.47 Å². The van der Waals surface area contributed by atoms with Crippen LogP contribution in [0.15, 0.2) is 187 Å². The minimum absolute atomic E-state index is 0.0388. The molecule has 2 heteroatoms. The van der Waals surface area contributed by atoms with Crippen LogP contribution in [-0.4, -0.2) is 12.2 Å². The van der Waals surface area contributed by atoms with Crippen LogP contribution in [0.2, 0.25) is 0 Å². The van der Waals surface area contributed by atoms with Crippen molar-refractivity contribution in [3.05, 3.63) is 187 Å². The molecule has 9 atom stereocenters. The zero-order chi connectivity index (χ0) is 36.5. The first-order valence-electron chi connectivity index (χ1n) is 22.3. The predicted molar refractivity (Wildman–Crippen MR) is 225 cm³/mol. The van der Waals surface area contributed by atoms with E-state index in [-0.39, 0.29) is 12.2 Å². The van der Waals surface area contributed by atoms with Crippen LogP contribution in [-0.2, 0) is 9.47 Å². The largest absolute Gasteiger partial charge is 0.481 e. The van der Waals surface area contributed by atoms with Gasteiger partial charge in [0.1, 0.15) is 12.2 Å². The van der Waals surface area contributed by atoms with Gasteiger partial charge in [-0.05, 0) is 174 Å². The minimum atomic E-state index is 0.0388. The standard InChI is InChI=1S/C54H52O2/c1-3-15-39-35(11-1)37-13-5-7-17-41(37)49-29-31(23-25-43(39)49)33-19-9-21-45-47-27-28-48-46-22-10-20-34(52(46)56-54(48)53(47)55-51(33)45)32-24-26-44-40-16-4-2-12-36(40)38-14-6-8-18-42(38)50(44)30-32/h1-2,5-6,9-14,19-23,25,30,37-38,41-42,45-46,49,51-52H,3-4,7-8,15-18,24,26-29H2. The molecule has 0 fully saturated rings. The summed E-state index contributed by atoms with van der Waals surface area (Å²) in [5, 5.41) is 0. The van der Waals surface area contributed by atoms with Gasteiger partial charge in [0, 0.05) is 23.7 Å². The van der Waals surface area contributed by atoms with Crippen molar-refractivity contribution in [1.29, 1.82) is 0 Å². The molecule has 56 heavy (non-hydrogen) atoms. The third kappa shape index (κ3) is 4.62. The fourth-order valence-electron chi connectivity index (χ4n) is 13.8. The molecular formula is C54H52O2. The Hall–Kier alpha value is -4.56. The van der Waals surface area contributed by atoms with Gasteiger partial charge in [-0.1, -0.05) is 103 Å². The van der Waals surface area contributed by atoms with Crippen LogP contribution in [0.4, 0.5) is 0 Å². The Morgan fingerprint density at radius 1 is 0.464 bits per heavy atom. The molecule has 0 aromatic heterocycles. The molecule has 0 aromatic carbocycles. The molecule has 11 aliphatic carbocycles. The molecule has 2 nitrogen and oxygen atoms in total. The topological polar surface area (TPSA) is 18.5 Å². The van der Waals surface area contributed by atoms with E-state index in [0.717, 1.165) is 43.6 Å². The molecule has 2 heterocycles. The number of hydrogen-bond donors (Lipinski definition) is 0. The second kappa shape index (κ2) is 12.5. The summed E-state index contributed by atoms with van der Waals surface area (Å²) < 4.78 is 14.5. The average Bonchev–Trinajstić information content (AvgIpc) is 3.85. The molecule has 0 saturated carbocycles. The van der Waals surface area contributed by atoms with Gasteiger partial charge >= 0.3 is 0 Å². The second-order valence-corrected chi connectivity index (χ2v) is 18.7. The van der Waals surface area contributed by atoms with Gasteiger partial charge in [0.2, 0.25) is 0 Å². The highest BCUT2D eigenvalue weighted by molar-refractivity contribution is 5.62. The summed E-state index contributed by atoms with van der Waals surface area (Å²) in [6, 6.07) is 0. The molecule has 0 aromatic rings. The Labute approximate surface area is 332 Å². The summed E-state index contributed by atoms with van der Waals surface area (Å²) in [6.07, 6.45) is 57.0. The molecule has 0 radical (unpaired) electrons. The van der Waals surface area contributed by atoms with Gasteiger partial charge in [-0.2, -0.15) is 0 Å². The van der Waals surface area contributed by atoms with Gasteiger partial charge in [0.05, 0.1) is 0 Å². The highest BCUT2D eigenvalue weighted by Gasteiger charge is 2.50. The summed E-state index contributed by atoms with van der Waals surface area (Å²) in [6.45, 7) is 0. The van der Waals surface area contributed by atoms with Crippen LogP contribution in [0.25, 0.3) is 0 Å². The van der Waals surface area contributed by atoms with E-state index in [1.165, 1.54) is 84.8 Å². The Balaban J connectivity index is 0.791.